The molecule has 0 aromatic carbocycles. The average molecular weight is 297 g/mol. The number of sulfonamides is 1. The van der Waals surface area contributed by atoms with Crippen molar-refractivity contribution < 1.29 is 18.3 Å². The second-order valence-electron chi connectivity index (χ2n) is 4.06. The third-order valence-electron chi connectivity index (χ3n) is 2.60. The highest BCUT2D eigenvalue weighted by molar-refractivity contribution is 7.89. The highest BCUT2D eigenvalue weighted by Crippen LogP contribution is 2.10. The van der Waals surface area contributed by atoms with Crippen molar-refractivity contribution in [2.75, 3.05) is 32.9 Å². The standard InChI is InChI=1S/C12H15N3O4S/c16-5-1-2-11-8-12(10-13-9-11)20(17,18)14-15-3-6-19-7-4-15/h8-10,14,16H,3-7H2. The molecule has 108 valence electrons. The molecule has 0 unspecified atom stereocenters. The molecule has 2 heterocycles. The summed E-state index contributed by atoms with van der Waals surface area (Å²) in [5.41, 5.74) is 0.434. The second kappa shape index (κ2) is 6.78. The minimum absolute atomic E-state index is 0.0359. The van der Waals surface area contributed by atoms with E-state index in [-0.39, 0.29) is 11.5 Å². The fraction of sp³-hybridized carbons (Fsp3) is 0.417. The second-order valence-corrected chi connectivity index (χ2v) is 5.72. The Labute approximate surface area is 117 Å². The molecule has 2 N–H and O–H groups in total. The first-order valence-electron chi connectivity index (χ1n) is 6.02. The van der Waals surface area contributed by atoms with E-state index in [9.17, 15) is 8.42 Å². The number of hydrogen-bond donors (Lipinski definition) is 2. The molecule has 0 spiro atoms. The van der Waals surface area contributed by atoms with Crippen LogP contribution in [0.5, 0.6) is 0 Å². The summed E-state index contributed by atoms with van der Waals surface area (Å²) in [5.74, 6) is 5.07. The van der Waals surface area contributed by atoms with Crippen LogP contribution in [-0.4, -0.2) is 56.4 Å². The summed E-state index contributed by atoms with van der Waals surface area (Å²) in [4.78, 5) is 6.37. The van der Waals surface area contributed by atoms with Gasteiger partial charge in [-0.1, -0.05) is 11.8 Å². The van der Waals surface area contributed by atoms with Gasteiger partial charge in [0, 0.05) is 31.0 Å². The molecule has 0 atom stereocenters. The maximum Gasteiger partial charge on any atom is 0.255 e. The van der Waals surface area contributed by atoms with Crippen LogP contribution in [0.3, 0.4) is 0 Å². The predicted molar refractivity (Wildman–Crippen MR) is 70.9 cm³/mol. The molecule has 0 radical (unpaired) electrons. The summed E-state index contributed by atoms with van der Waals surface area (Å²) >= 11 is 0. The van der Waals surface area contributed by atoms with E-state index in [1.807, 2.05) is 0 Å². The first-order valence-corrected chi connectivity index (χ1v) is 7.50. The van der Waals surface area contributed by atoms with Gasteiger partial charge in [-0.2, -0.15) is 0 Å². The fourth-order valence-corrected chi connectivity index (χ4v) is 2.76. The molecule has 1 saturated heterocycles. The number of pyridine rings is 1. The molecule has 1 aliphatic rings. The lowest BCUT2D eigenvalue weighted by molar-refractivity contribution is 0.0272. The number of ether oxygens (including phenoxy) is 1. The molecule has 1 aromatic rings. The molecule has 1 aliphatic heterocycles. The molecular formula is C12H15N3O4S. The SMILES string of the molecule is O=S(=O)(NN1CCOCC1)c1cncc(C#CCO)c1. The van der Waals surface area contributed by atoms with Crippen LogP contribution in [0.25, 0.3) is 0 Å². The van der Waals surface area contributed by atoms with Crippen molar-refractivity contribution in [3.8, 4) is 11.8 Å². The van der Waals surface area contributed by atoms with E-state index in [1.54, 1.807) is 5.01 Å². The monoisotopic (exact) mass is 297 g/mol. The Kier molecular flexibility index (Phi) is 5.05. The molecule has 1 aromatic heterocycles. The summed E-state index contributed by atoms with van der Waals surface area (Å²) < 4.78 is 29.5. The summed E-state index contributed by atoms with van der Waals surface area (Å²) in [6.07, 6.45) is 2.70. The van der Waals surface area contributed by atoms with Crippen molar-refractivity contribution in [3.05, 3.63) is 24.0 Å². The van der Waals surface area contributed by atoms with Crippen molar-refractivity contribution in [2.45, 2.75) is 4.90 Å². The van der Waals surface area contributed by atoms with Crippen LogP contribution < -0.4 is 4.83 Å². The number of hydrazine groups is 1. The largest absolute Gasteiger partial charge is 0.384 e. The van der Waals surface area contributed by atoms with Crippen molar-refractivity contribution in [2.24, 2.45) is 0 Å². The van der Waals surface area contributed by atoms with Crippen LogP contribution in [0.15, 0.2) is 23.4 Å². The Hall–Kier alpha value is -1.50. The van der Waals surface area contributed by atoms with Gasteiger partial charge in [-0.05, 0) is 6.07 Å². The van der Waals surface area contributed by atoms with Gasteiger partial charge in [0.15, 0.2) is 0 Å². The first-order chi connectivity index (χ1) is 9.62. The minimum atomic E-state index is -3.68. The minimum Gasteiger partial charge on any atom is -0.384 e. The van der Waals surface area contributed by atoms with Gasteiger partial charge in [0.25, 0.3) is 10.0 Å². The van der Waals surface area contributed by atoms with Crippen LogP contribution in [0, 0.1) is 11.8 Å². The predicted octanol–water partition coefficient (Wildman–Crippen LogP) is -1.05. The maximum absolute atomic E-state index is 12.2. The van der Waals surface area contributed by atoms with Gasteiger partial charge in [0.1, 0.15) is 11.5 Å². The topological polar surface area (TPSA) is 91.8 Å². The van der Waals surface area contributed by atoms with E-state index in [2.05, 4.69) is 21.7 Å². The number of nitrogens with one attached hydrogen (secondary N) is 1. The zero-order valence-electron chi connectivity index (χ0n) is 10.7. The Bertz CT molecular complexity index is 615. The van der Waals surface area contributed by atoms with Crippen LogP contribution >= 0.6 is 0 Å². The molecule has 7 nitrogen and oxygen atoms in total. The maximum atomic E-state index is 12.2. The zero-order chi connectivity index (χ0) is 14.4. The summed E-state index contributed by atoms with van der Waals surface area (Å²) in [5, 5.41) is 10.2. The number of morpholine rings is 1. The van der Waals surface area contributed by atoms with Crippen LogP contribution in [0.2, 0.25) is 0 Å². The lowest BCUT2D eigenvalue weighted by atomic mass is 10.3. The Morgan fingerprint density at radius 3 is 2.85 bits per heavy atom. The zero-order valence-corrected chi connectivity index (χ0v) is 11.6. The van der Waals surface area contributed by atoms with Gasteiger partial charge in [0.2, 0.25) is 0 Å². The third-order valence-corrected chi connectivity index (χ3v) is 3.94. The molecule has 0 saturated carbocycles. The fourth-order valence-electron chi connectivity index (χ4n) is 1.65. The normalized spacial score (nSPS) is 16.4. The van der Waals surface area contributed by atoms with E-state index in [0.29, 0.717) is 31.9 Å². The van der Waals surface area contributed by atoms with E-state index >= 15 is 0 Å². The average Bonchev–Trinajstić information content (AvgIpc) is 2.46. The molecule has 0 amide bonds. The molecule has 0 aliphatic carbocycles. The number of hydrogen-bond acceptors (Lipinski definition) is 6. The molecular weight excluding hydrogens is 282 g/mol. The summed E-state index contributed by atoms with van der Waals surface area (Å²) in [6, 6.07) is 1.42. The Morgan fingerprint density at radius 2 is 2.15 bits per heavy atom. The van der Waals surface area contributed by atoms with Crippen molar-refractivity contribution >= 4 is 10.0 Å². The number of aliphatic hydroxyl groups is 1. The number of rotatable bonds is 3. The van der Waals surface area contributed by atoms with Gasteiger partial charge in [-0.25, -0.2) is 13.4 Å². The van der Waals surface area contributed by atoms with Crippen molar-refractivity contribution in [1.29, 1.82) is 0 Å². The molecule has 0 bridgehead atoms. The first kappa shape index (κ1) is 14.9. The van der Waals surface area contributed by atoms with E-state index in [4.69, 9.17) is 9.84 Å². The lowest BCUT2D eigenvalue weighted by Gasteiger charge is -2.26. The van der Waals surface area contributed by atoms with E-state index in [1.165, 1.54) is 18.5 Å². The quantitative estimate of drug-likeness (QED) is 0.692. The van der Waals surface area contributed by atoms with Gasteiger partial charge in [0.05, 0.1) is 13.2 Å². The van der Waals surface area contributed by atoms with E-state index < -0.39 is 10.0 Å². The van der Waals surface area contributed by atoms with Gasteiger partial charge >= 0.3 is 0 Å². The van der Waals surface area contributed by atoms with Crippen molar-refractivity contribution in [3.63, 3.8) is 0 Å². The third kappa shape index (κ3) is 4.00. The summed E-state index contributed by atoms with van der Waals surface area (Å²) in [6.45, 7) is 1.68. The van der Waals surface area contributed by atoms with Gasteiger partial charge in [-0.15, -0.1) is 4.83 Å². The Balaban J connectivity index is 2.16. The number of aliphatic hydroxyl groups excluding tert-OH is 1. The smallest absolute Gasteiger partial charge is 0.255 e. The van der Waals surface area contributed by atoms with E-state index in [0.717, 1.165) is 0 Å². The summed E-state index contributed by atoms with van der Waals surface area (Å²) in [7, 11) is -3.68. The highest BCUT2D eigenvalue weighted by Gasteiger charge is 2.20. The molecule has 20 heavy (non-hydrogen) atoms. The lowest BCUT2D eigenvalue weighted by Crippen LogP contribution is -2.48. The van der Waals surface area contributed by atoms with Crippen LogP contribution in [0.1, 0.15) is 5.56 Å². The Morgan fingerprint density at radius 1 is 1.40 bits per heavy atom. The van der Waals surface area contributed by atoms with Gasteiger partial charge in [-0.3, -0.25) is 4.98 Å². The molecule has 2 rings (SSSR count). The van der Waals surface area contributed by atoms with Gasteiger partial charge < -0.3 is 9.84 Å². The van der Waals surface area contributed by atoms with Crippen molar-refractivity contribution in [1.82, 2.24) is 14.8 Å². The molecule has 8 heteroatoms. The van der Waals surface area contributed by atoms with Crippen LogP contribution in [-0.2, 0) is 14.8 Å². The highest BCUT2D eigenvalue weighted by atomic mass is 32.2. The number of nitrogens with zero attached hydrogens (tertiary/aromatic N) is 2. The molecule has 1 fully saturated rings. The van der Waals surface area contributed by atoms with Crippen LogP contribution in [0.4, 0.5) is 0 Å². The number of aromatic nitrogens is 1.